The zero-order chi connectivity index (χ0) is 14.4. The van der Waals surface area contributed by atoms with Crippen molar-refractivity contribution >= 4 is 11.6 Å². The quantitative estimate of drug-likeness (QED) is 0.821. The fourth-order valence-electron chi connectivity index (χ4n) is 2.20. The van der Waals surface area contributed by atoms with E-state index in [4.69, 9.17) is 4.74 Å². The Kier molecular flexibility index (Phi) is 5.31. The van der Waals surface area contributed by atoms with Crippen LogP contribution in [-0.4, -0.2) is 62.2 Å². The summed E-state index contributed by atoms with van der Waals surface area (Å²) in [5.41, 5.74) is 2.28. The summed E-state index contributed by atoms with van der Waals surface area (Å²) in [5.74, 6) is -0.0879. The summed E-state index contributed by atoms with van der Waals surface area (Å²) in [6, 6.07) is 1.87. The Balaban J connectivity index is 1.85. The molecule has 1 aliphatic rings. The summed E-state index contributed by atoms with van der Waals surface area (Å²) in [5, 5.41) is 5.97. The molecule has 6 nitrogen and oxygen atoms in total. The van der Waals surface area contributed by atoms with Crippen molar-refractivity contribution in [2.45, 2.75) is 6.92 Å². The molecule has 0 spiro atoms. The number of aryl methyl sites for hydroxylation is 1. The number of ether oxygens (including phenoxy) is 1. The van der Waals surface area contributed by atoms with Gasteiger partial charge in [0.25, 0.3) is 5.91 Å². The molecule has 1 amide bonds. The van der Waals surface area contributed by atoms with Crippen LogP contribution in [0.4, 0.5) is 5.69 Å². The lowest BCUT2D eigenvalue weighted by molar-refractivity contribution is 0.0383. The molecule has 20 heavy (non-hydrogen) atoms. The molecule has 0 atom stereocenters. The third-order valence-corrected chi connectivity index (χ3v) is 3.37. The molecule has 1 fully saturated rings. The smallest absolute Gasteiger partial charge is 0.254 e. The molecule has 2 rings (SSSR count). The number of aromatic nitrogens is 1. The molecule has 2 N–H and O–H groups in total. The van der Waals surface area contributed by atoms with Crippen LogP contribution in [0.3, 0.4) is 0 Å². The van der Waals surface area contributed by atoms with E-state index in [0.717, 1.165) is 44.2 Å². The van der Waals surface area contributed by atoms with E-state index in [1.54, 1.807) is 13.2 Å². The molecule has 0 radical (unpaired) electrons. The third-order valence-electron chi connectivity index (χ3n) is 3.37. The Hall–Kier alpha value is -1.66. The zero-order valence-electron chi connectivity index (χ0n) is 12.1. The van der Waals surface area contributed by atoms with Gasteiger partial charge in [0, 0.05) is 45.1 Å². The van der Waals surface area contributed by atoms with Gasteiger partial charge in [-0.25, -0.2) is 0 Å². The maximum atomic E-state index is 12.1. The SMILES string of the molecule is CNc1cc(C)ncc1C(=O)NCCN1CCOCC1. The van der Waals surface area contributed by atoms with Crippen LogP contribution in [-0.2, 0) is 4.74 Å². The summed E-state index contributed by atoms with van der Waals surface area (Å²) in [6.45, 7) is 6.81. The number of carbonyl (C=O) groups excluding carboxylic acids is 1. The summed E-state index contributed by atoms with van der Waals surface area (Å²) in [7, 11) is 1.80. The molecular weight excluding hydrogens is 256 g/mol. The molecule has 110 valence electrons. The van der Waals surface area contributed by atoms with E-state index in [9.17, 15) is 4.79 Å². The second kappa shape index (κ2) is 7.21. The molecule has 1 aromatic heterocycles. The molecule has 1 saturated heterocycles. The van der Waals surface area contributed by atoms with Gasteiger partial charge >= 0.3 is 0 Å². The first-order chi connectivity index (χ1) is 9.70. The summed E-state index contributed by atoms with van der Waals surface area (Å²) in [4.78, 5) is 18.6. The highest BCUT2D eigenvalue weighted by Gasteiger charge is 2.13. The molecule has 0 saturated carbocycles. The van der Waals surface area contributed by atoms with Crippen molar-refractivity contribution in [3.05, 3.63) is 23.5 Å². The summed E-state index contributed by atoms with van der Waals surface area (Å²) in [6.07, 6.45) is 1.62. The van der Waals surface area contributed by atoms with E-state index >= 15 is 0 Å². The van der Waals surface area contributed by atoms with Crippen molar-refractivity contribution in [2.75, 3.05) is 51.8 Å². The number of hydrogen-bond donors (Lipinski definition) is 2. The Bertz CT molecular complexity index is 458. The predicted octanol–water partition coefficient (Wildman–Crippen LogP) is 0.494. The maximum Gasteiger partial charge on any atom is 0.254 e. The minimum absolute atomic E-state index is 0.0879. The first kappa shape index (κ1) is 14.7. The lowest BCUT2D eigenvalue weighted by Crippen LogP contribution is -2.41. The predicted molar refractivity (Wildman–Crippen MR) is 78.1 cm³/mol. The minimum atomic E-state index is -0.0879. The van der Waals surface area contributed by atoms with Gasteiger partial charge in [0.05, 0.1) is 24.5 Å². The molecule has 0 unspecified atom stereocenters. The van der Waals surface area contributed by atoms with Crippen molar-refractivity contribution in [1.82, 2.24) is 15.2 Å². The number of morpholine rings is 1. The van der Waals surface area contributed by atoms with Crippen molar-refractivity contribution in [3.63, 3.8) is 0 Å². The number of amides is 1. The van der Waals surface area contributed by atoms with Crippen LogP contribution in [0.2, 0.25) is 0 Å². The summed E-state index contributed by atoms with van der Waals surface area (Å²) < 4.78 is 5.29. The number of pyridine rings is 1. The van der Waals surface area contributed by atoms with Crippen LogP contribution in [0.15, 0.2) is 12.3 Å². The number of rotatable bonds is 5. The van der Waals surface area contributed by atoms with E-state index in [0.29, 0.717) is 12.1 Å². The lowest BCUT2D eigenvalue weighted by atomic mass is 10.2. The first-order valence-corrected chi connectivity index (χ1v) is 6.93. The molecule has 1 aromatic rings. The second-order valence-corrected chi connectivity index (χ2v) is 4.83. The van der Waals surface area contributed by atoms with Gasteiger partial charge in [0.1, 0.15) is 0 Å². The van der Waals surface area contributed by atoms with Crippen molar-refractivity contribution < 1.29 is 9.53 Å². The van der Waals surface area contributed by atoms with E-state index < -0.39 is 0 Å². The molecule has 0 aromatic carbocycles. The second-order valence-electron chi connectivity index (χ2n) is 4.83. The van der Waals surface area contributed by atoms with Crippen molar-refractivity contribution in [3.8, 4) is 0 Å². The Labute approximate surface area is 119 Å². The van der Waals surface area contributed by atoms with Gasteiger partial charge in [-0.05, 0) is 13.0 Å². The lowest BCUT2D eigenvalue weighted by Gasteiger charge is -2.26. The van der Waals surface area contributed by atoms with Gasteiger partial charge in [0.2, 0.25) is 0 Å². The van der Waals surface area contributed by atoms with Gasteiger partial charge in [-0.15, -0.1) is 0 Å². The number of anilines is 1. The van der Waals surface area contributed by atoms with Crippen LogP contribution in [0.5, 0.6) is 0 Å². The monoisotopic (exact) mass is 278 g/mol. The average molecular weight is 278 g/mol. The summed E-state index contributed by atoms with van der Waals surface area (Å²) >= 11 is 0. The highest BCUT2D eigenvalue weighted by atomic mass is 16.5. The highest BCUT2D eigenvalue weighted by Crippen LogP contribution is 2.14. The van der Waals surface area contributed by atoms with Gasteiger partial charge < -0.3 is 15.4 Å². The molecule has 0 aliphatic carbocycles. The minimum Gasteiger partial charge on any atom is -0.387 e. The van der Waals surface area contributed by atoms with E-state index in [1.807, 2.05) is 13.0 Å². The van der Waals surface area contributed by atoms with E-state index in [2.05, 4.69) is 20.5 Å². The molecule has 2 heterocycles. The van der Waals surface area contributed by atoms with Crippen LogP contribution in [0.1, 0.15) is 16.1 Å². The van der Waals surface area contributed by atoms with E-state index in [1.165, 1.54) is 0 Å². The standard InChI is InChI=1S/C14H22N4O2/c1-11-9-13(15-2)12(10-17-11)14(19)16-3-4-18-5-7-20-8-6-18/h9-10H,3-8H2,1-2H3,(H,15,17)(H,16,19). The van der Waals surface area contributed by atoms with Crippen molar-refractivity contribution in [1.29, 1.82) is 0 Å². The van der Waals surface area contributed by atoms with Crippen LogP contribution >= 0.6 is 0 Å². The number of nitrogens with one attached hydrogen (secondary N) is 2. The zero-order valence-corrected chi connectivity index (χ0v) is 12.1. The Morgan fingerprint density at radius 2 is 2.20 bits per heavy atom. The first-order valence-electron chi connectivity index (χ1n) is 6.93. The number of carbonyl (C=O) groups is 1. The third kappa shape index (κ3) is 3.91. The van der Waals surface area contributed by atoms with E-state index in [-0.39, 0.29) is 5.91 Å². The average Bonchev–Trinajstić information content (AvgIpc) is 2.48. The van der Waals surface area contributed by atoms with Crippen molar-refractivity contribution in [2.24, 2.45) is 0 Å². The Morgan fingerprint density at radius 1 is 1.45 bits per heavy atom. The maximum absolute atomic E-state index is 12.1. The number of hydrogen-bond acceptors (Lipinski definition) is 5. The fraction of sp³-hybridized carbons (Fsp3) is 0.571. The molecule has 1 aliphatic heterocycles. The Morgan fingerprint density at radius 3 is 2.90 bits per heavy atom. The molecular formula is C14H22N4O2. The van der Waals surface area contributed by atoms with Gasteiger partial charge in [-0.3, -0.25) is 14.7 Å². The van der Waals surface area contributed by atoms with Crippen LogP contribution < -0.4 is 10.6 Å². The van der Waals surface area contributed by atoms with Crippen LogP contribution in [0, 0.1) is 6.92 Å². The van der Waals surface area contributed by atoms with Gasteiger partial charge in [-0.2, -0.15) is 0 Å². The van der Waals surface area contributed by atoms with Gasteiger partial charge in [-0.1, -0.05) is 0 Å². The van der Waals surface area contributed by atoms with Gasteiger partial charge in [0.15, 0.2) is 0 Å². The largest absolute Gasteiger partial charge is 0.387 e. The molecule has 6 heteroatoms. The normalized spacial score (nSPS) is 15.9. The number of nitrogens with zero attached hydrogens (tertiary/aromatic N) is 2. The topological polar surface area (TPSA) is 66.5 Å². The fourth-order valence-corrected chi connectivity index (χ4v) is 2.20. The van der Waals surface area contributed by atoms with Crippen LogP contribution in [0.25, 0.3) is 0 Å². The molecule has 0 bridgehead atoms. The highest BCUT2D eigenvalue weighted by molar-refractivity contribution is 5.99.